The van der Waals surface area contributed by atoms with Gasteiger partial charge in [0.25, 0.3) is 0 Å². The van der Waals surface area contributed by atoms with Crippen molar-refractivity contribution in [2.24, 2.45) is 0 Å². The third-order valence-electron chi connectivity index (χ3n) is 2.71. The SMILES string of the molecule is CCn1cc(Br)c(CNC(=S)Nc2ccc(Cl)cc2Cl)n1. The number of aryl methyl sites for hydroxylation is 1. The number of rotatable bonds is 4. The van der Waals surface area contributed by atoms with Gasteiger partial charge < -0.3 is 10.6 Å². The van der Waals surface area contributed by atoms with Crippen molar-refractivity contribution in [2.45, 2.75) is 20.0 Å². The Hall–Kier alpha value is -0.820. The minimum absolute atomic E-state index is 0.470. The molecule has 0 bridgehead atoms. The molecule has 0 saturated carbocycles. The van der Waals surface area contributed by atoms with Crippen molar-refractivity contribution in [2.75, 3.05) is 5.32 Å². The molecule has 0 atom stereocenters. The van der Waals surface area contributed by atoms with Gasteiger partial charge in [0.05, 0.1) is 27.4 Å². The first-order valence-electron chi connectivity index (χ1n) is 6.21. The van der Waals surface area contributed by atoms with Crippen molar-refractivity contribution in [3.05, 3.63) is 44.6 Å². The number of aromatic nitrogens is 2. The normalized spacial score (nSPS) is 10.5. The average molecular weight is 408 g/mol. The molecule has 0 spiro atoms. The lowest BCUT2D eigenvalue weighted by Crippen LogP contribution is -2.28. The molecule has 2 aromatic rings. The molecule has 2 N–H and O–H groups in total. The highest BCUT2D eigenvalue weighted by Crippen LogP contribution is 2.25. The lowest BCUT2D eigenvalue weighted by atomic mass is 10.3. The topological polar surface area (TPSA) is 41.9 Å². The molecule has 112 valence electrons. The summed E-state index contributed by atoms with van der Waals surface area (Å²) >= 11 is 20.6. The van der Waals surface area contributed by atoms with Gasteiger partial charge in [-0.3, -0.25) is 4.68 Å². The van der Waals surface area contributed by atoms with Crippen LogP contribution >= 0.6 is 51.3 Å². The van der Waals surface area contributed by atoms with E-state index in [0.29, 0.717) is 27.4 Å². The lowest BCUT2D eigenvalue weighted by molar-refractivity contribution is 0.643. The van der Waals surface area contributed by atoms with Crippen LogP contribution in [0.1, 0.15) is 12.6 Å². The average Bonchev–Trinajstić information content (AvgIpc) is 2.80. The van der Waals surface area contributed by atoms with Crippen LogP contribution in [0.4, 0.5) is 5.69 Å². The molecule has 0 unspecified atom stereocenters. The van der Waals surface area contributed by atoms with Gasteiger partial charge in [-0.2, -0.15) is 5.10 Å². The molecule has 0 fully saturated rings. The van der Waals surface area contributed by atoms with Crippen molar-refractivity contribution >= 4 is 62.1 Å². The van der Waals surface area contributed by atoms with Gasteiger partial charge in [-0.25, -0.2) is 0 Å². The van der Waals surface area contributed by atoms with Crippen LogP contribution < -0.4 is 10.6 Å². The molecule has 8 heteroatoms. The lowest BCUT2D eigenvalue weighted by Gasteiger charge is -2.11. The van der Waals surface area contributed by atoms with Gasteiger partial charge in [-0.05, 0) is 53.3 Å². The summed E-state index contributed by atoms with van der Waals surface area (Å²) in [7, 11) is 0. The van der Waals surface area contributed by atoms with Gasteiger partial charge in [0.2, 0.25) is 0 Å². The molecule has 1 aromatic heterocycles. The minimum Gasteiger partial charge on any atom is -0.357 e. The Morgan fingerprint density at radius 1 is 1.43 bits per heavy atom. The molecule has 4 nitrogen and oxygen atoms in total. The van der Waals surface area contributed by atoms with Gasteiger partial charge in [0.1, 0.15) is 0 Å². The summed E-state index contributed by atoms with van der Waals surface area (Å²) in [5.41, 5.74) is 1.60. The molecular weight excluding hydrogens is 395 g/mol. The Kier molecular flexibility index (Phi) is 5.87. The first kappa shape index (κ1) is 16.5. The highest BCUT2D eigenvalue weighted by molar-refractivity contribution is 9.10. The second-order valence-electron chi connectivity index (χ2n) is 4.21. The number of halogens is 3. The zero-order valence-corrected chi connectivity index (χ0v) is 15.1. The van der Waals surface area contributed by atoms with E-state index in [1.165, 1.54) is 0 Å². The number of benzene rings is 1. The maximum Gasteiger partial charge on any atom is 0.171 e. The Morgan fingerprint density at radius 2 is 2.19 bits per heavy atom. The molecule has 0 radical (unpaired) electrons. The maximum absolute atomic E-state index is 6.08. The van der Waals surface area contributed by atoms with E-state index in [1.54, 1.807) is 18.2 Å². The molecule has 1 aromatic carbocycles. The number of hydrogen-bond acceptors (Lipinski definition) is 2. The van der Waals surface area contributed by atoms with Gasteiger partial charge in [0, 0.05) is 17.8 Å². The minimum atomic E-state index is 0.470. The monoisotopic (exact) mass is 406 g/mol. The van der Waals surface area contributed by atoms with E-state index in [0.717, 1.165) is 16.7 Å². The molecule has 1 heterocycles. The van der Waals surface area contributed by atoms with E-state index < -0.39 is 0 Å². The van der Waals surface area contributed by atoms with Crippen LogP contribution in [-0.4, -0.2) is 14.9 Å². The fraction of sp³-hybridized carbons (Fsp3) is 0.231. The number of thiocarbonyl (C=S) groups is 1. The predicted octanol–water partition coefficient (Wildman–Crippen LogP) is 4.46. The van der Waals surface area contributed by atoms with E-state index in [9.17, 15) is 0 Å². The van der Waals surface area contributed by atoms with Crippen LogP contribution in [0.25, 0.3) is 0 Å². The van der Waals surface area contributed by atoms with Crippen molar-refractivity contribution < 1.29 is 0 Å². The fourth-order valence-electron chi connectivity index (χ4n) is 1.64. The summed E-state index contributed by atoms with van der Waals surface area (Å²) in [6.07, 6.45) is 1.93. The predicted molar refractivity (Wildman–Crippen MR) is 95.1 cm³/mol. The van der Waals surface area contributed by atoms with Gasteiger partial charge in [0.15, 0.2) is 5.11 Å². The molecule has 0 amide bonds. The zero-order valence-electron chi connectivity index (χ0n) is 11.2. The van der Waals surface area contributed by atoms with E-state index in [1.807, 2.05) is 17.8 Å². The fourth-order valence-corrected chi connectivity index (χ4v) is 2.73. The summed E-state index contributed by atoms with van der Waals surface area (Å²) in [6, 6.07) is 5.19. The van der Waals surface area contributed by atoms with Crippen LogP contribution in [-0.2, 0) is 13.1 Å². The first-order chi connectivity index (χ1) is 9.99. The summed E-state index contributed by atoms with van der Waals surface area (Å²) < 4.78 is 2.80. The molecule has 21 heavy (non-hydrogen) atoms. The van der Waals surface area contributed by atoms with Crippen LogP contribution in [0.15, 0.2) is 28.9 Å². The molecule has 0 aliphatic heterocycles. The van der Waals surface area contributed by atoms with Gasteiger partial charge in [-0.15, -0.1) is 0 Å². The van der Waals surface area contributed by atoms with Crippen molar-refractivity contribution in [3.8, 4) is 0 Å². The Bertz CT molecular complexity index is 660. The molecular formula is C13H13BrCl2N4S. The van der Waals surface area contributed by atoms with Crippen molar-refractivity contribution in [1.82, 2.24) is 15.1 Å². The van der Waals surface area contributed by atoms with Crippen LogP contribution in [0.5, 0.6) is 0 Å². The molecule has 2 rings (SSSR count). The highest BCUT2D eigenvalue weighted by Gasteiger charge is 2.07. The highest BCUT2D eigenvalue weighted by atomic mass is 79.9. The Labute approximate surface area is 146 Å². The number of nitrogens with one attached hydrogen (secondary N) is 2. The zero-order chi connectivity index (χ0) is 15.4. The van der Waals surface area contributed by atoms with Crippen LogP contribution in [0, 0.1) is 0 Å². The largest absolute Gasteiger partial charge is 0.357 e. The van der Waals surface area contributed by atoms with Gasteiger partial charge in [-0.1, -0.05) is 23.2 Å². The molecule has 0 aliphatic carbocycles. The number of anilines is 1. The summed E-state index contributed by atoms with van der Waals surface area (Å²) in [6.45, 7) is 3.37. The quantitative estimate of drug-likeness (QED) is 0.734. The van der Waals surface area contributed by atoms with E-state index >= 15 is 0 Å². The van der Waals surface area contributed by atoms with Crippen LogP contribution in [0.2, 0.25) is 10.0 Å². The standard InChI is InChI=1S/C13H13BrCl2N4S/c1-2-20-7-9(14)12(19-20)6-17-13(21)18-11-4-3-8(15)5-10(11)16/h3-5,7H,2,6H2,1H3,(H2,17,18,21). The van der Waals surface area contributed by atoms with Crippen LogP contribution in [0.3, 0.4) is 0 Å². The number of hydrogen-bond donors (Lipinski definition) is 2. The summed E-state index contributed by atoms with van der Waals surface area (Å²) in [4.78, 5) is 0. The van der Waals surface area contributed by atoms with E-state index in [-0.39, 0.29) is 0 Å². The van der Waals surface area contributed by atoms with E-state index in [4.69, 9.17) is 35.4 Å². The first-order valence-corrected chi connectivity index (χ1v) is 8.17. The second kappa shape index (κ2) is 7.45. The summed E-state index contributed by atoms with van der Waals surface area (Å²) in [5, 5.41) is 12.1. The number of nitrogens with zero attached hydrogens (tertiary/aromatic N) is 2. The Balaban J connectivity index is 1.94. The summed E-state index contributed by atoms with van der Waals surface area (Å²) in [5.74, 6) is 0. The molecule has 0 aliphatic rings. The van der Waals surface area contributed by atoms with Crippen molar-refractivity contribution in [3.63, 3.8) is 0 Å². The van der Waals surface area contributed by atoms with E-state index in [2.05, 4.69) is 31.7 Å². The Morgan fingerprint density at radius 3 is 2.81 bits per heavy atom. The van der Waals surface area contributed by atoms with Gasteiger partial charge >= 0.3 is 0 Å². The maximum atomic E-state index is 6.08. The molecule has 0 saturated heterocycles. The third kappa shape index (κ3) is 4.57. The smallest absolute Gasteiger partial charge is 0.171 e. The third-order valence-corrected chi connectivity index (χ3v) is 4.16. The van der Waals surface area contributed by atoms with Crippen molar-refractivity contribution in [1.29, 1.82) is 0 Å². The second-order valence-corrected chi connectivity index (χ2v) is 6.32.